The largest absolute Gasteiger partial charge is 0.395 e. The molecule has 1 aromatic rings. The zero-order valence-corrected chi connectivity index (χ0v) is 6.47. The van der Waals surface area contributed by atoms with Crippen molar-refractivity contribution in [2.75, 3.05) is 5.73 Å². The van der Waals surface area contributed by atoms with E-state index in [1.54, 1.807) is 0 Å². The van der Waals surface area contributed by atoms with E-state index in [0.29, 0.717) is 0 Å². The van der Waals surface area contributed by atoms with Crippen molar-refractivity contribution in [3.05, 3.63) is 23.3 Å². The number of nitrogen functional groups attached to an aromatic ring is 1. The predicted octanol–water partition coefficient (Wildman–Crippen LogP) is 1.23. The smallest absolute Gasteiger partial charge is 0.282 e. The molecule has 0 amide bonds. The minimum atomic E-state index is -2.94. The van der Waals surface area contributed by atoms with E-state index in [9.17, 15) is 13.2 Å². The number of aliphatic hydroxyl groups is 1. The lowest BCUT2D eigenvalue weighted by Gasteiger charge is -2.06. The van der Waals surface area contributed by atoms with E-state index in [-0.39, 0.29) is 5.69 Å². The van der Waals surface area contributed by atoms with Gasteiger partial charge in [-0.1, -0.05) is 0 Å². The molecule has 0 bridgehead atoms. The first-order valence-electron chi connectivity index (χ1n) is 3.40. The summed E-state index contributed by atoms with van der Waals surface area (Å²) in [5.74, 6) is -0.991. The average Bonchev–Trinajstić information content (AvgIpc) is 2.09. The molecule has 0 radical (unpaired) electrons. The number of alkyl halides is 2. The molecular weight excluding hydrogens is 185 g/mol. The molecule has 0 aromatic carbocycles. The molecule has 3 nitrogen and oxygen atoms in total. The van der Waals surface area contributed by atoms with Crippen molar-refractivity contribution in [1.82, 2.24) is 4.98 Å². The molecule has 3 N–H and O–H groups in total. The third-order valence-corrected chi connectivity index (χ3v) is 1.46. The molecule has 1 heterocycles. The maximum Gasteiger partial charge on any atom is 0.282 e. The van der Waals surface area contributed by atoms with Crippen molar-refractivity contribution in [2.24, 2.45) is 0 Å². The molecule has 13 heavy (non-hydrogen) atoms. The Hall–Kier alpha value is -1.30. The quantitative estimate of drug-likeness (QED) is 0.740. The maximum atomic E-state index is 12.8. The number of rotatable bonds is 2. The van der Waals surface area contributed by atoms with Gasteiger partial charge >= 0.3 is 0 Å². The Bertz CT molecular complexity index is 317. The van der Waals surface area contributed by atoms with Gasteiger partial charge in [0.25, 0.3) is 6.43 Å². The highest BCUT2D eigenvalue weighted by Crippen LogP contribution is 2.25. The van der Waals surface area contributed by atoms with Crippen LogP contribution in [0.15, 0.2) is 6.07 Å². The Morgan fingerprint density at radius 1 is 1.54 bits per heavy atom. The van der Waals surface area contributed by atoms with E-state index in [4.69, 9.17) is 10.8 Å². The van der Waals surface area contributed by atoms with E-state index >= 15 is 0 Å². The van der Waals surface area contributed by atoms with Gasteiger partial charge < -0.3 is 10.8 Å². The topological polar surface area (TPSA) is 59.1 Å². The van der Waals surface area contributed by atoms with Crippen molar-refractivity contribution in [3.63, 3.8) is 0 Å². The molecule has 0 aliphatic rings. The molecule has 0 fully saturated rings. The first-order valence-corrected chi connectivity index (χ1v) is 3.40. The summed E-state index contributed by atoms with van der Waals surface area (Å²) < 4.78 is 37.0. The molecule has 0 saturated heterocycles. The number of halogens is 3. The van der Waals surface area contributed by atoms with E-state index < -0.39 is 30.2 Å². The van der Waals surface area contributed by atoms with Gasteiger partial charge in [0.1, 0.15) is 11.5 Å². The van der Waals surface area contributed by atoms with Crippen molar-refractivity contribution >= 4 is 5.69 Å². The van der Waals surface area contributed by atoms with Crippen LogP contribution in [0.1, 0.15) is 17.8 Å². The fourth-order valence-corrected chi connectivity index (χ4v) is 0.841. The fraction of sp³-hybridized carbons (Fsp3) is 0.286. The van der Waals surface area contributed by atoms with Gasteiger partial charge in [-0.05, 0) is 6.07 Å². The van der Waals surface area contributed by atoms with Crippen LogP contribution >= 0.6 is 0 Å². The second-order valence-corrected chi connectivity index (χ2v) is 2.35. The number of nitrogens with two attached hydrogens (primary N) is 1. The highest BCUT2D eigenvalue weighted by atomic mass is 19.3. The lowest BCUT2D eigenvalue weighted by Crippen LogP contribution is -2.05. The molecule has 72 valence electrons. The highest BCUT2D eigenvalue weighted by Gasteiger charge is 2.17. The average molecular weight is 192 g/mol. The fourth-order valence-electron chi connectivity index (χ4n) is 0.841. The van der Waals surface area contributed by atoms with Crippen LogP contribution in [0.2, 0.25) is 0 Å². The highest BCUT2D eigenvalue weighted by molar-refractivity contribution is 5.45. The molecule has 0 aliphatic carbocycles. The predicted molar refractivity (Wildman–Crippen MR) is 39.5 cm³/mol. The Labute approximate surface area is 72.0 Å². The van der Waals surface area contributed by atoms with Crippen LogP contribution < -0.4 is 5.73 Å². The molecule has 0 unspecified atom stereocenters. The summed E-state index contributed by atoms with van der Waals surface area (Å²) in [7, 11) is 0. The normalized spacial score (nSPS) is 10.8. The van der Waals surface area contributed by atoms with Crippen LogP contribution in [-0.4, -0.2) is 10.1 Å². The molecule has 1 rings (SSSR count). The third-order valence-electron chi connectivity index (χ3n) is 1.46. The Kier molecular flexibility index (Phi) is 2.72. The zero-order chi connectivity index (χ0) is 10.0. The number of nitrogens with zero attached hydrogens (tertiary/aromatic N) is 1. The summed E-state index contributed by atoms with van der Waals surface area (Å²) in [4.78, 5) is 3.29. The molecule has 0 aliphatic heterocycles. The summed E-state index contributed by atoms with van der Waals surface area (Å²) >= 11 is 0. The molecular formula is C7H7F3N2O. The van der Waals surface area contributed by atoms with E-state index in [0.717, 1.165) is 6.07 Å². The lowest BCUT2D eigenvalue weighted by molar-refractivity contribution is 0.145. The summed E-state index contributed by atoms with van der Waals surface area (Å²) in [6.45, 7) is -0.600. The maximum absolute atomic E-state index is 12.8. The van der Waals surface area contributed by atoms with Crippen LogP contribution in [0.4, 0.5) is 18.9 Å². The standard InChI is InChI=1S/C7H7F3N2O/c8-4-1-3(2-13)12-6(5(4)11)7(9)10/h1,7,13H,2,11H2. The lowest BCUT2D eigenvalue weighted by atomic mass is 10.2. The first-order chi connectivity index (χ1) is 6.06. The Morgan fingerprint density at radius 2 is 2.15 bits per heavy atom. The van der Waals surface area contributed by atoms with Crippen molar-refractivity contribution in [1.29, 1.82) is 0 Å². The molecule has 0 atom stereocenters. The van der Waals surface area contributed by atoms with Crippen LogP contribution in [0.5, 0.6) is 0 Å². The number of anilines is 1. The molecule has 6 heteroatoms. The molecule has 0 saturated carbocycles. The number of hydrogen-bond donors (Lipinski definition) is 2. The zero-order valence-electron chi connectivity index (χ0n) is 6.47. The van der Waals surface area contributed by atoms with Gasteiger partial charge in [0.2, 0.25) is 0 Å². The van der Waals surface area contributed by atoms with Crippen LogP contribution in [-0.2, 0) is 6.61 Å². The Morgan fingerprint density at radius 3 is 2.62 bits per heavy atom. The van der Waals surface area contributed by atoms with E-state index in [2.05, 4.69) is 4.98 Å². The molecule has 1 aromatic heterocycles. The van der Waals surface area contributed by atoms with Gasteiger partial charge in [-0.2, -0.15) is 0 Å². The number of aliphatic hydroxyl groups excluding tert-OH is 1. The van der Waals surface area contributed by atoms with Crippen molar-refractivity contribution in [2.45, 2.75) is 13.0 Å². The number of pyridine rings is 1. The monoisotopic (exact) mass is 192 g/mol. The minimum Gasteiger partial charge on any atom is -0.395 e. The summed E-state index contributed by atoms with van der Waals surface area (Å²) in [5, 5.41) is 8.54. The second kappa shape index (κ2) is 3.61. The van der Waals surface area contributed by atoms with Crippen LogP contribution in [0.25, 0.3) is 0 Å². The summed E-state index contributed by atoms with van der Waals surface area (Å²) in [6.07, 6.45) is -2.94. The van der Waals surface area contributed by atoms with Crippen LogP contribution in [0.3, 0.4) is 0 Å². The summed E-state index contributed by atoms with van der Waals surface area (Å²) in [6, 6.07) is 0.821. The first kappa shape index (κ1) is 9.79. The van der Waals surface area contributed by atoms with Crippen LogP contribution in [0, 0.1) is 5.82 Å². The molecule has 0 spiro atoms. The van der Waals surface area contributed by atoms with Crippen molar-refractivity contribution < 1.29 is 18.3 Å². The van der Waals surface area contributed by atoms with Crippen molar-refractivity contribution in [3.8, 4) is 0 Å². The summed E-state index contributed by atoms with van der Waals surface area (Å²) in [5.41, 5.74) is 3.34. The van der Waals surface area contributed by atoms with E-state index in [1.807, 2.05) is 0 Å². The second-order valence-electron chi connectivity index (χ2n) is 2.35. The van der Waals surface area contributed by atoms with Gasteiger partial charge in [-0.3, -0.25) is 0 Å². The van der Waals surface area contributed by atoms with Gasteiger partial charge in [0, 0.05) is 0 Å². The number of hydrogen-bond acceptors (Lipinski definition) is 3. The van der Waals surface area contributed by atoms with Gasteiger partial charge in [0.05, 0.1) is 18.0 Å². The SMILES string of the molecule is Nc1c(F)cc(CO)nc1C(F)F. The van der Waals surface area contributed by atoms with Gasteiger partial charge in [-0.15, -0.1) is 0 Å². The minimum absolute atomic E-state index is 0.165. The van der Waals surface area contributed by atoms with Gasteiger partial charge in [0.15, 0.2) is 0 Å². The Balaban J connectivity index is 3.25. The number of aromatic nitrogens is 1. The third kappa shape index (κ3) is 1.89. The van der Waals surface area contributed by atoms with Gasteiger partial charge in [-0.25, -0.2) is 18.2 Å². The van der Waals surface area contributed by atoms with E-state index in [1.165, 1.54) is 0 Å².